The average Bonchev–Trinajstić information content (AvgIpc) is 2.51. The van der Waals surface area contributed by atoms with Gasteiger partial charge in [0.25, 0.3) is 0 Å². The molecule has 0 aliphatic carbocycles. The molecule has 1 aromatic heterocycles. The lowest BCUT2D eigenvalue weighted by Crippen LogP contribution is -2.08. The largest absolute Gasteiger partial charge is 0.288 e. The maximum Gasteiger partial charge on any atom is 0.198 e. The number of hydrogen-bond acceptors (Lipinski definition) is 3. The van der Waals surface area contributed by atoms with Crippen LogP contribution in [-0.2, 0) is 0 Å². The molecule has 5 heteroatoms. The van der Waals surface area contributed by atoms with E-state index in [1.807, 2.05) is 0 Å². The molecule has 0 N–H and O–H groups in total. The van der Waals surface area contributed by atoms with Crippen LogP contribution in [0.5, 0.6) is 0 Å². The number of aromatic nitrogens is 2. The fraction of sp³-hybridized carbons (Fsp3) is 0.0625. The standard InChI is InChI=1S/C16H10F2N2O/c1-9-5-6-10(14(18)13(9)17)16(21)11-3-2-4-12-15(11)20-8-7-19-12/h2-8H,1H3. The Bertz CT molecular complexity index is 857. The van der Waals surface area contributed by atoms with Crippen LogP contribution in [0.2, 0.25) is 0 Å². The van der Waals surface area contributed by atoms with Crippen LogP contribution in [0.15, 0.2) is 42.7 Å². The van der Waals surface area contributed by atoms with E-state index in [1.54, 1.807) is 12.1 Å². The second-order valence-electron chi connectivity index (χ2n) is 4.62. The fourth-order valence-electron chi connectivity index (χ4n) is 2.14. The third kappa shape index (κ3) is 2.16. The highest BCUT2D eigenvalue weighted by molar-refractivity contribution is 6.15. The van der Waals surface area contributed by atoms with Gasteiger partial charge in [0, 0.05) is 12.4 Å². The first-order chi connectivity index (χ1) is 10.1. The van der Waals surface area contributed by atoms with Crippen LogP contribution in [-0.4, -0.2) is 15.8 Å². The fourth-order valence-corrected chi connectivity index (χ4v) is 2.14. The van der Waals surface area contributed by atoms with Gasteiger partial charge in [-0.15, -0.1) is 0 Å². The lowest BCUT2D eigenvalue weighted by Gasteiger charge is -2.07. The van der Waals surface area contributed by atoms with Crippen LogP contribution in [0.1, 0.15) is 21.5 Å². The molecule has 1 heterocycles. The minimum absolute atomic E-state index is 0.154. The van der Waals surface area contributed by atoms with E-state index in [-0.39, 0.29) is 16.7 Å². The SMILES string of the molecule is Cc1ccc(C(=O)c2cccc3nccnc23)c(F)c1F. The Morgan fingerprint density at radius 1 is 0.952 bits per heavy atom. The molecule has 0 aliphatic heterocycles. The molecule has 0 saturated heterocycles. The van der Waals surface area contributed by atoms with Gasteiger partial charge in [-0.1, -0.05) is 12.1 Å². The number of carbonyl (C=O) groups is 1. The van der Waals surface area contributed by atoms with Gasteiger partial charge in [-0.25, -0.2) is 8.78 Å². The normalized spacial score (nSPS) is 10.8. The van der Waals surface area contributed by atoms with E-state index in [9.17, 15) is 13.6 Å². The van der Waals surface area contributed by atoms with Gasteiger partial charge in [-0.2, -0.15) is 0 Å². The number of rotatable bonds is 2. The highest BCUT2D eigenvalue weighted by atomic mass is 19.2. The minimum atomic E-state index is -1.14. The lowest BCUT2D eigenvalue weighted by atomic mass is 10.00. The molecule has 0 bridgehead atoms. The van der Waals surface area contributed by atoms with Crippen LogP contribution in [0.4, 0.5) is 8.78 Å². The number of fused-ring (bicyclic) bond motifs is 1. The average molecular weight is 284 g/mol. The smallest absolute Gasteiger partial charge is 0.198 e. The Balaban J connectivity index is 2.20. The Labute approximate surface area is 119 Å². The topological polar surface area (TPSA) is 42.9 Å². The van der Waals surface area contributed by atoms with E-state index in [0.717, 1.165) is 0 Å². The first kappa shape index (κ1) is 13.3. The molecule has 3 rings (SSSR count). The van der Waals surface area contributed by atoms with Gasteiger partial charge in [0.15, 0.2) is 17.4 Å². The molecule has 2 aromatic carbocycles. The van der Waals surface area contributed by atoms with E-state index in [2.05, 4.69) is 9.97 Å². The molecule has 0 amide bonds. The van der Waals surface area contributed by atoms with Crippen LogP contribution >= 0.6 is 0 Å². The maximum absolute atomic E-state index is 14.0. The molecule has 3 nitrogen and oxygen atoms in total. The van der Waals surface area contributed by atoms with Gasteiger partial charge >= 0.3 is 0 Å². The maximum atomic E-state index is 14.0. The third-order valence-electron chi connectivity index (χ3n) is 3.26. The first-order valence-corrected chi connectivity index (χ1v) is 6.28. The number of para-hydroxylation sites is 1. The molecular weight excluding hydrogens is 274 g/mol. The van der Waals surface area contributed by atoms with Gasteiger partial charge in [-0.05, 0) is 30.7 Å². The second-order valence-corrected chi connectivity index (χ2v) is 4.62. The molecule has 104 valence electrons. The molecule has 0 unspecified atom stereocenters. The summed E-state index contributed by atoms with van der Waals surface area (Å²) in [7, 11) is 0. The molecule has 0 saturated carbocycles. The van der Waals surface area contributed by atoms with Gasteiger partial charge < -0.3 is 0 Å². The van der Waals surface area contributed by atoms with Gasteiger partial charge in [0.05, 0.1) is 22.2 Å². The van der Waals surface area contributed by atoms with Gasteiger partial charge in [0.2, 0.25) is 0 Å². The van der Waals surface area contributed by atoms with Crippen molar-refractivity contribution in [2.45, 2.75) is 6.92 Å². The Kier molecular flexibility index (Phi) is 3.17. The summed E-state index contributed by atoms with van der Waals surface area (Å²) in [6.07, 6.45) is 2.95. The molecule has 0 spiro atoms. The number of aryl methyl sites for hydroxylation is 1. The van der Waals surface area contributed by atoms with Crippen molar-refractivity contribution < 1.29 is 13.6 Å². The third-order valence-corrected chi connectivity index (χ3v) is 3.26. The zero-order valence-electron chi connectivity index (χ0n) is 11.1. The number of ketones is 1. The van der Waals surface area contributed by atoms with Crippen LogP contribution in [0, 0.1) is 18.6 Å². The molecule has 21 heavy (non-hydrogen) atoms. The van der Waals surface area contributed by atoms with Crippen LogP contribution < -0.4 is 0 Å². The minimum Gasteiger partial charge on any atom is -0.288 e. The van der Waals surface area contributed by atoms with Crippen molar-refractivity contribution in [1.82, 2.24) is 9.97 Å². The summed E-state index contributed by atoms with van der Waals surface area (Å²) < 4.78 is 27.6. The number of carbonyl (C=O) groups excluding carboxylic acids is 1. The highest BCUT2D eigenvalue weighted by Crippen LogP contribution is 2.22. The van der Waals surface area contributed by atoms with Crippen molar-refractivity contribution in [3.8, 4) is 0 Å². The molecule has 0 fully saturated rings. The van der Waals surface area contributed by atoms with E-state index in [0.29, 0.717) is 11.0 Å². The number of hydrogen-bond donors (Lipinski definition) is 0. The summed E-state index contributed by atoms with van der Waals surface area (Å²) in [6.45, 7) is 1.44. The second kappa shape index (κ2) is 5.01. The molecule has 0 radical (unpaired) electrons. The van der Waals surface area contributed by atoms with Crippen LogP contribution in [0.25, 0.3) is 11.0 Å². The van der Waals surface area contributed by atoms with Crippen molar-refractivity contribution in [3.63, 3.8) is 0 Å². The van der Waals surface area contributed by atoms with Crippen molar-refractivity contribution in [3.05, 3.63) is 71.1 Å². The van der Waals surface area contributed by atoms with Gasteiger partial charge in [0.1, 0.15) is 0 Å². The summed E-state index contributed by atoms with van der Waals surface area (Å²) in [4.78, 5) is 20.7. The van der Waals surface area contributed by atoms with E-state index >= 15 is 0 Å². The van der Waals surface area contributed by atoms with Crippen LogP contribution in [0.3, 0.4) is 0 Å². The molecule has 0 aliphatic rings. The summed E-state index contributed by atoms with van der Waals surface area (Å²) >= 11 is 0. The highest BCUT2D eigenvalue weighted by Gasteiger charge is 2.20. The Hall–Kier alpha value is -2.69. The predicted octanol–water partition coefficient (Wildman–Crippen LogP) is 3.45. The van der Waals surface area contributed by atoms with Crippen molar-refractivity contribution >= 4 is 16.8 Å². The van der Waals surface area contributed by atoms with Crippen molar-refractivity contribution in [1.29, 1.82) is 0 Å². The zero-order chi connectivity index (χ0) is 15.0. The number of halogens is 2. The zero-order valence-corrected chi connectivity index (χ0v) is 11.1. The Morgan fingerprint density at radius 2 is 1.71 bits per heavy atom. The summed E-state index contributed by atoms with van der Waals surface area (Å²) in [5.74, 6) is -2.76. The van der Waals surface area contributed by atoms with E-state index in [4.69, 9.17) is 0 Å². The lowest BCUT2D eigenvalue weighted by molar-refractivity contribution is 0.103. The monoisotopic (exact) mass is 284 g/mol. The molecular formula is C16H10F2N2O. The van der Waals surface area contributed by atoms with E-state index < -0.39 is 17.4 Å². The van der Waals surface area contributed by atoms with Crippen molar-refractivity contribution in [2.24, 2.45) is 0 Å². The van der Waals surface area contributed by atoms with Crippen molar-refractivity contribution in [2.75, 3.05) is 0 Å². The summed E-state index contributed by atoms with van der Waals surface area (Å²) in [5, 5.41) is 0. The predicted molar refractivity (Wildman–Crippen MR) is 74.1 cm³/mol. The summed E-state index contributed by atoms with van der Waals surface area (Å²) in [5.41, 5.74) is 0.933. The van der Waals surface area contributed by atoms with Gasteiger partial charge in [-0.3, -0.25) is 14.8 Å². The molecule has 0 atom stereocenters. The molecule has 3 aromatic rings. The quantitative estimate of drug-likeness (QED) is 0.677. The first-order valence-electron chi connectivity index (χ1n) is 6.28. The van der Waals surface area contributed by atoms with E-state index in [1.165, 1.54) is 37.5 Å². The summed E-state index contributed by atoms with van der Waals surface area (Å²) in [6, 6.07) is 7.52. The Morgan fingerprint density at radius 3 is 2.52 bits per heavy atom. The number of nitrogens with zero attached hydrogens (tertiary/aromatic N) is 2. The number of benzene rings is 2.